The second kappa shape index (κ2) is 13.1. The van der Waals surface area contributed by atoms with Gasteiger partial charge in [0.15, 0.2) is 5.82 Å². The molecule has 3 saturated heterocycles. The molecule has 12 nitrogen and oxygen atoms in total. The zero-order valence-corrected chi connectivity index (χ0v) is 30.2. The Morgan fingerprint density at radius 2 is 2.06 bits per heavy atom. The number of nitriles is 2. The van der Waals surface area contributed by atoms with Crippen LogP contribution in [0.5, 0.6) is 6.01 Å². The fourth-order valence-electron chi connectivity index (χ4n) is 8.44. The molecule has 4 atom stereocenters. The van der Waals surface area contributed by atoms with Crippen LogP contribution in [0.3, 0.4) is 0 Å². The van der Waals surface area contributed by atoms with Crippen molar-refractivity contribution in [2.45, 2.75) is 56.4 Å². The van der Waals surface area contributed by atoms with Gasteiger partial charge < -0.3 is 20.3 Å². The molecule has 6 heterocycles. The average Bonchev–Trinajstić information content (AvgIpc) is 3.96. The van der Waals surface area contributed by atoms with Crippen LogP contribution in [0.25, 0.3) is 32.1 Å². The molecule has 2 aromatic carbocycles. The number of aromatic nitrogens is 4. The fourth-order valence-corrected chi connectivity index (χ4v) is 9.69. The number of hydrogen-bond acceptors (Lipinski definition) is 11. The first-order chi connectivity index (χ1) is 25.5. The highest BCUT2D eigenvalue weighted by molar-refractivity contribution is 7.23. The number of hydrogen-bond donors (Lipinski definition) is 1. The first-order valence-electron chi connectivity index (χ1n) is 17.1. The molecular formula is C36H32ClF3N10O2S. The summed E-state index contributed by atoms with van der Waals surface area (Å²) in [6.45, 7) is 3.40. The number of carbonyl (C=O) groups excluding carboxylic acids is 1. The number of carbonyl (C=O) groups is 1. The lowest BCUT2D eigenvalue weighted by atomic mass is 9.95. The van der Waals surface area contributed by atoms with Crippen molar-refractivity contribution >= 4 is 60.8 Å². The highest BCUT2D eigenvalue weighted by Gasteiger charge is 2.49. The lowest BCUT2D eigenvalue weighted by Gasteiger charge is -2.33. The molecule has 0 unspecified atom stereocenters. The standard InChI is InChI=1S/C36H32ClF3N10O2S/c1-18-25(6-10-49(18)35(51)50-11-8-44-26(50)15-42)47(2)33-21-12-23(37)28(20-4-5-24(39)31-27(20)22(14-41)32(43)53-31)29(40)30(21)45-34(46-33)52-17-36-7-3-9-48(36)16-19(38)13-36/h4-5,8,11-12,18-19,25H,3,6-7,9-10,13,16-17,43H2,1-2H3/t18-,19-,25-,36+/m1/s1. The van der Waals surface area contributed by atoms with E-state index >= 15 is 4.39 Å². The quantitative estimate of drug-likeness (QED) is 0.203. The van der Waals surface area contributed by atoms with Gasteiger partial charge in [-0.3, -0.25) is 4.90 Å². The Labute approximate surface area is 310 Å². The predicted octanol–water partition coefficient (Wildman–Crippen LogP) is 6.49. The minimum atomic E-state index is -0.988. The molecule has 272 valence electrons. The number of imidazole rings is 1. The summed E-state index contributed by atoms with van der Waals surface area (Å²) in [4.78, 5) is 32.3. The summed E-state index contributed by atoms with van der Waals surface area (Å²) in [6.07, 6.45) is 4.29. The number of anilines is 2. The van der Waals surface area contributed by atoms with Gasteiger partial charge in [0.1, 0.15) is 47.1 Å². The van der Waals surface area contributed by atoms with Crippen molar-refractivity contribution in [1.29, 1.82) is 10.5 Å². The van der Waals surface area contributed by atoms with E-state index in [1.165, 1.54) is 35.2 Å². The van der Waals surface area contributed by atoms with Gasteiger partial charge in [-0.1, -0.05) is 17.7 Å². The van der Waals surface area contributed by atoms with Crippen LogP contribution in [0.15, 0.2) is 30.6 Å². The molecule has 53 heavy (non-hydrogen) atoms. The van der Waals surface area contributed by atoms with E-state index in [-0.39, 0.29) is 84.0 Å². The van der Waals surface area contributed by atoms with Gasteiger partial charge in [0.25, 0.3) is 0 Å². The minimum absolute atomic E-state index is 0.0113. The summed E-state index contributed by atoms with van der Waals surface area (Å²) in [5.74, 6) is -1.21. The maximum absolute atomic E-state index is 17.2. The number of ether oxygens (including phenoxy) is 1. The van der Waals surface area contributed by atoms with E-state index in [2.05, 4.69) is 14.9 Å². The number of nitrogens with zero attached hydrogens (tertiary/aromatic N) is 9. The number of rotatable bonds is 6. The molecule has 8 rings (SSSR count). The van der Waals surface area contributed by atoms with Crippen LogP contribution >= 0.6 is 22.9 Å². The van der Waals surface area contributed by atoms with Crippen molar-refractivity contribution in [3.05, 3.63) is 58.6 Å². The molecule has 3 aliphatic rings. The normalized spacial score (nSPS) is 22.7. The number of likely N-dealkylation sites (N-methyl/N-ethyl adjacent to an activating group) is 1. The summed E-state index contributed by atoms with van der Waals surface area (Å²) >= 11 is 7.77. The van der Waals surface area contributed by atoms with Gasteiger partial charge in [-0.05, 0) is 50.4 Å². The number of nitrogen functional groups attached to an aromatic ring is 1. The molecule has 2 N–H and O–H groups in total. The number of likely N-dealkylation sites (tertiary alicyclic amines) is 1. The molecule has 3 aromatic heterocycles. The average molecular weight is 761 g/mol. The second-order valence-corrected chi connectivity index (χ2v) is 15.3. The van der Waals surface area contributed by atoms with E-state index in [1.54, 1.807) is 11.9 Å². The fraction of sp³-hybridized carbons (Fsp3) is 0.389. The highest BCUT2D eigenvalue weighted by Crippen LogP contribution is 2.46. The Hall–Kier alpha value is -5.16. The van der Waals surface area contributed by atoms with Crippen LogP contribution < -0.4 is 15.4 Å². The van der Waals surface area contributed by atoms with E-state index in [1.807, 2.05) is 24.0 Å². The largest absolute Gasteiger partial charge is 0.461 e. The zero-order chi connectivity index (χ0) is 37.3. The third-order valence-electron chi connectivity index (χ3n) is 11.0. The monoisotopic (exact) mass is 760 g/mol. The first kappa shape index (κ1) is 34.9. The summed E-state index contributed by atoms with van der Waals surface area (Å²) in [7, 11) is 1.78. The number of alkyl halides is 1. The number of halogens is 4. The van der Waals surface area contributed by atoms with Crippen molar-refractivity contribution in [2.75, 3.05) is 43.9 Å². The summed E-state index contributed by atoms with van der Waals surface area (Å²) < 4.78 is 54.3. The van der Waals surface area contributed by atoms with E-state index in [0.29, 0.717) is 25.9 Å². The number of fused-ring (bicyclic) bond motifs is 3. The predicted molar refractivity (Wildman–Crippen MR) is 194 cm³/mol. The van der Waals surface area contributed by atoms with Crippen LogP contribution in [-0.2, 0) is 0 Å². The molecular weight excluding hydrogens is 729 g/mol. The SMILES string of the molecule is C[C@@H]1[C@H](N(C)c2nc(OC[C@@]34CCCN3C[C@H](F)C4)nc3c(F)c(-c4ccc(F)c5sc(N)c(C#N)c45)c(Cl)cc23)CCN1C(=O)n1ccnc1C#N. The van der Waals surface area contributed by atoms with Crippen molar-refractivity contribution in [2.24, 2.45) is 0 Å². The Kier molecular flexibility index (Phi) is 8.59. The van der Waals surface area contributed by atoms with E-state index in [0.717, 1.165) is 30.7 Å². The van der Waals surface area contributed by atoms with Gasteiger partial charge in [-0.25, -0.2) is 27.5 Å². The van der Waals surface area contributed by atoms with Crippen molar-refractivity contribution in [1.82, 2.24) is 29.3 Å². The molecule has 0 spiro atoms. The summed E-state index contributed by atoms with van der Waals surface area (Å²) in [5, 5.41) is 19.8. The van der Waals surface area contributed by atoms with Crippen molar-refractivity contribution in [3.8, 4) is 29.3 Å². The number of benzene rings is 2. The maximum Gasteiger partial charge on any atom is 0.330 e. The lowest BCUT2D eigenvalue weighted by molar-refractivity contribution is 0.107. The Morgan fingerprint density at radius 1 is 1.25 bits per heavy atom. The molecule has 0 bridgehead atoms. The van der Waals surface area contributed by atoms with Crippen LogP contribution in [0, 0.1) is 34.3 Å². The molecule has 3 aliphatic heterocycles. The Balaban J connectivity index is 1.24. The highest BCUT2D eigenvalue weighted by atomic mass is 35.5. The smallest absolute Gasteiger partial charge is 0.330 e. The third-order valence-corrected chi connectivity index (χ3v) is 12.3. The molecule has 3 fully saturated rings. The first-order valence-corrected chi connectivity index (χ1v) is 18.3. The van der Waals surface area contributed by atoms with Crippen molar-refractivity contribution < 1.29 is 22.7 Å². The molecule has 0 saturated carbocycles. The molecule has 0 aliphatic carbocycles. The van der Waals surface area contributed by atoms with Crippen LogP contribution in [0.4, 0.5) is 28.8 Å². The molecule has 0 radical (unpaired) electrons. The summed E-state index contributed by atoms with van der Waals surface area (Å²) in [6, 6.07) is 6.75. The van der Waals surface area contributed by atoms with Gasteiger partial charge in [-0.15, -0.1) is 11.3 Å². The van der Waals surface area contributed by atoms with Crippen LogP contribution in [-0.4, -0.2) is 92.4 Å². The van der Waals surface area contributed by atoms with Crippen LogP contribution in [0.1, 0.15) is 44.0 Å². The number of amides is 1. The van der Waals surface area contributed by atoms with E-state index in [4.69, 9.17) is 27.1 Å². The zero-order valence-electron chi connectivity index (χ0n) is 28.6. The van der Waals surface area contributed by atoms with E-state index < -0.39 is 29.4 Å². The van der Waals surface area contributed by atoms with Crippen LogP contribution in [0.2, 0.25) is 5.02 Å². The Morgan fingerprint density at radius 3 is 2.83 bits per heavy atom. The van der Waals surface area contributed by atoms with Gasteiger partial charge in [0, 0.05) is 55.3 Å². The third kappa shape index (κ3) is 5.50. The van der Waals surface area contributed by atoms with Crippen molar-refractivity contribution in [3.63, 3.8) is 0 Å². The van der Waals surface area contributed by atoms with Gasteiger partial charge in [0.05, 0.1) is 32.9 Å². The number of thiophene rings is 1. The molecule has 17 heteroatoms. The maximum atomic E-state index is 17.2. The lowest BCUT2D eigenvalue weighted by Crippen LogP contribution is -2.45. The topological polar surface area (TPSA) is 153 Å². The second-order valence-electron chi connectivity index (χ2n) is 13.8. The summed E-state index contributed by atoms with van der Waals surface area (Å²) in [5.41, 5.74) is 5.49. The van der Waals surface area contributed by atoms with Gasteiger partial charge in [-0.2, -0.15) is 20.5 Å². The van der Waals surface area contributed by atoms with Gasteiger partial charge >= 0.3 is 12.0 Å². The Bertz CT molecular complexity index is 2410. The minimum Gasteiger partial charge on any atom is -0.461 e. The number of nitrogens with two attached hydrogens (primary N) is 1. The molecule has 5 aromatic rings. The molecule has 1 amide bonds. The van der Waals surface area contributed by atoms with E-state index in [9.17, 15) is 24.1 Å². The van der Waals surface area contributed by atoms with Gasteiger partial charge in [0.2, 0.25) is 5.82 Å².